The Morgan fingerprint density at radius 1 is 0.305 bits per heavy atom. The lowest BCUT2D eigenvalue weighted by Gasteiger charge is -2.35. The van der Waals surface area contributed by atoms with Crippen molar-refractivity contribution in [2.24, 2.45) is 0 Å². The predicted molar refractivity (Wildman–Crippen MR) is 337 cm³/mol. The maximum Gasteiger partial charge on any atom is 0.101 e. The van der Waals surface area contributed by atoms with Crippen LogP contribution in [0.1, 0.15) is 44.5 Å². The van der Waals surface area contributed by atoms with E-state index >= 15 is 0 Å². The molecule has 82 heavy (non-hydrogen) atoms. The highest BCUT2D eigenvalue weighted by Gasteiger charge is 2.53. The summed E-state index contributed by atoms with van der Waals surface area (Å²) in [6, 6.07) is 115. The van der Waals surface area contributed by atoms with Crippen LogP contribution in [-0.2, 0) is 10.8 Å². The Balaban J connectivity index is 1.02. The molecule has 0 saturated carbocycles. The second-order valence-electron chi connectivity index (χ2n) is 22.0. The smallest absolute Gasteiger partial charge is 0.101 e. The summed E-state index contributed by atoms with van der Waals surface area (Å²) in [5.74, 6) is 0. The molecule has 2 heterocycles. The Morgan fingerprint density at radius 3 is 1.26 bits per heavy atom. The zero-order valence-electron chi connectivity index (χ0n) is 44.8. The zero-order valence-corrected chi connectivity index (χ0v) is 44.8. The van der Waals surface area contributed by atoms with Crippen molar-refractivity contribution in [3.05, 3.63) is 354 Å². The molecule has 0 atom stereocenters. The molecule has 0 bridgehead atoms. The third-order valence-corrected chi connectivity index (χ3v) is 18.1. The van der Waals surface area contributed by atoms with Crippen molar-refractivity contribution in [2.45, 2.75) is 10.8 Å². The molecule has 1 spiro atoms. The van der Waals surface area contributed by atoms with E-state index in [1.165, 1.54) is 77.9 Å². The number of hydrogen-bond acceptors (Lipinski definition) is 2. The maximum atomic E-state index is 5.68. The molecular formula is C79H51N3. The predicted octanol–water partition coefficient (Wildman–Crippen LogP) is 19.7. The van der Waals surface area contributed by atoms with E-state index in [0.29, 0.717) is 0 Å². The summed E-state index contributed by atoms with van der Waals surface area (Å²) in [5.41, 5.74) is 27.2. The number of benzene rings is 12. The van der Waals surface area contributed by atoms with Crippen LogP contribution < -0.4 is 4.90 Å². The van der Waals surface area contributed by atoms with Crippen molar-refractivity contribution in [1.82, 2.24) is 9.61 Å². The lowest BCUT2D eigenvalue weighted by Crippen LogP contribution is -2.28. The van der Waals surface area contributed by atoms with Gasteiger partial charge in [-0.2, -0.15) is 5.10 Å². The van der Waals surface area contributed by atoms with Crippen LogP contribution >= 0.6 is 0 Å². The molecule has 3 nitrogen and oxygen atoms in total. The van der Waals surface area contributed by atoms with Gasteiger partial charge in [-0.25, -0.2) is 4.52 Å². The molecule has 0 fully saturated rings. The molecule has 17 rings (SSSR count). The van der Waals surface area contributed by atoms with E-state index in [1.54, 1.807) is 0 Å². The number of anilines is 3. The zero-order chi connectivity index (χ0) is 53.9. The van der Waals surface area contributed by atoms with E-state index in [4.69, 9.17) is 5.10 Å². The number of aromatic nitrogens is 2. The summed E-state index contributed by atoms with van der Waals surface area (Å²) in [7, 11) is 0. The quantitative estimate of drug-likeness (QED) is 0.151. The van der Waals surface area contributed by atoms with Gasteiger partial charge in [0.25, 0.3) is 0 Å². The molecule has 12 aromatic carbocycles. The van der Waals surface area contributed by atoms with Gasteiger partial charge in [0.05, 0.1) is 33.4 Å². The van der Waals surface area contributed by atoms with Crippen molar-refractivity contribution in [3.63, 3.8) is 0 Å². The minimum Gasteiger partial charge on any atom is -0.309 e. The summed E-state index contributed by atoms with van der Waals surface area (Å²) in [4.78, 5) is 2.61. The topological polar surface area (TPSA) is 20.5 Å². The van der Waals surface area contributed by atoms with Crippen molar-refractivity contribution < 1.29 is 0 Å². The van der Waals surface area contributed by atoms with Crippen LogP contribution in [0, 0.1) is 0 Å². The van der Waals surface area contributed by atoms with E-state index in [9.17, 15) is 0 Å². The highest BCUT2D eigenvalue weighted by molar-refractivity contribution is 6.11. The van der Waals surface area contributed by atoms with E-state index in [0.717, 1.165) is 67.0 Å². The van der Waals surface area contributed by atoms with Crippen LogP contribution in [0.15, 0.2) is 309 Å². The molecule has 0 unspecified atom stereocenters. The van der Waals surface area contributed by atoms with Crippen LogP contribution in [0.5, 0.6) is 0 Å². The molecule has 0 amide bonds. The van der Waals surface area contributed by atoms with Crippen molar-refractivity contribution in [1.29, 1.82) is 0 Å². The van der Waals surface area contributed by atoms with E-state index in [-0.39, 0.29) is 0 Å². The lowest BCUT2D eigenvalue weighted by atomic mass is 9.68. The standard InChI is InChI=1S/C79H51N3/c1-6-26-52(27-7-1)72-50-55-48-49-58(51-63(55)77-73(53-28-8-2-9-29-53)76(80-82(72)77)54-30-10-3-11-31-54)81(70-46-24-44-68-74(70)61-38-18-22-42-66(61)78(68,56-32-12-4-13-33-56)57-34-14-5-15-35-57)71-47-25-45-69-75(71)62-39-19-23-43-67(62)79(69)64-40-20-16-36-59(64)60-37-17-21-41-65(60)79/h1-51H. The first kappa shape index (κ1) is 46.3. The SMILES string of the molecule is c1ccc(-c2nn3c(-c4ccccc4)cc4ccc(N(c5cccc6c5-c5ccccc5C6(c5ccccc5)c5ccccc5)c5cccc6c5-c5ccccc5C65c6ccccc6-c6ccccc65)cc4c3c2-c2ccccc2)cc1. The largest absolute Gasteiger partial charge is 0.309 e. The molecule has 382 valence electrons. The van der Waals surface area contributed by atoms with Crippen LogP contribution in [0.25, 0.3) is 83.3 Å². The highest BCUT2D eigenvalue weighted by Crippen LogP contribution is 2.66. The third-order valence-electron chi connectivity index (χ3n) is 18.1. The fourth-order valence-electron chi connectivity index (χ4n) is 14.9. The Hall–Kier alpha value is -10.6. The fourth-order valence-corrected chi connectivity index (χ4v) is 14.9. The van der Waals surface area contributed by atoms with Gasteiger partial charge in [-0.1, -0.05) is 279 Å². The fraction of sp³-hybridized carbons (Fsp3) is 0.0253. The van der Waals surface area contributed by atoms with Crippen molar-refractivity contribution >= 4 is 33.4 Å². The summed E-state index contributed by atoms with van der Waals surface area (Å²) < 4.78 is 2.22. The number of pyridine rings is 1. The van der Waals surface area contributed by atoms with Gasteiger partial charge in [-0.15, -0.1) is 0 Å². The average molecular weight is 1040 g/mol. The van der Waals surface area contributed by atoms with Gasteiger partial charge in [0.1, 0.15) is 5.69 Å². The molecule has 0 saturated heterocycles. The first-order valence-electron chi connectivity index (χ1n) is 28.5. The van der Waals surface area contributed by atoms with Gasteiger partial charge in [-0.05, 0) is 108 Å². The van der Waals surface area contributed by atoms with E-state index < -0.39 is 10.8 Å². The van der Waals surface area contributed by atoms with Gasteiger partial charge >= 0.3 is 0 Å². The Morgan fingerprint density at radius 2 is 0.720 bits per heavy atom. The molecule has 3 aliphatic rings. The Labute approximate surface area is 477 Å². The van der Waals surface area contributed by atoms with Gasteiger partial charge < -0.3 is 4.90 Å². The lowest BCUT2D eigenvalue weighted by molar-refractivity contribution is 0.768. The minimum absolute atomic E-state index is 0.540. The van der Waals surface area contributed by atoms with Crippen LogP contribution in [0.2, 0.25) is 0 Å². The summed E-state index contributed by atoms with van der Waals surface area (Å²) in [5, 5.41) is 7.91. The van der Waals surface area contributed by atoms with Crippen molar-refractivity contribution in [3.8, 4) is 67.0 Å². The van der Waals surface area contributed by atoms with E-state index in [1.807, 2.05) is 0 Å². The first-order chi connectivity index (χ1) is 40.7. The van der Waals surface area contributed by atoms with Gasteiger partial charge in [-0.3, -0.25) is 0 Å². The van der Waals surface area contributed by atoms with Gasteiger partial charge in [0.2, 0.25) is 0 Å². The van der Waals surface area contributed by atoms with E-state index in [2.05, 4.69) is 319 Å². The molecule has 0 radical (unpaired) electrons. The molecule has 14 aromatic rings. The summed E-state index contributed by atoms with van der Waals surface area (Å²) in [6.45, 7) is 0. The maximum absolute atomic E-state index is 5.68. The Bertz CT molecular complexity index is 4670. The molecule has 0 N–H and O–H groups in total. The number of fused-ring (bicyclic) bond motifs is 16. The normalized spacial score (nSPS) is 13.6. The Kier molecular flexibility index (Phi) is 10.1. The molecule has 3 heteroatoms. The number of rotatable bonds is 8. The van der Waals surface area contributed by atoms with Crippen LogP contribution in [-0.4, -0.2) is 9.61 Å². The second-order valence-corrected chi connectivity index (χ2v) is 22.0. The minimum atomic E-state index is -0.609. The molecule has 2 aromatic heterocycles. The highest BCUT2D eigenvalue weighted by atomic mass is 15.2. The third kappa shape index (κ3) is 6.33. The van der Waals surface area contributed by atoms with Gasteiger partial charge in [0.15, 0.2) is 0 Å². The first-order valence-corrected chi connectivity index (χ1v) is 28.5. The number of nitrogens with zero attached hydrogens (tertiary/aromatic N) is 3. The molecule has 3 aliphatic carbocycles. The molecular weight excluding hydrogens is 991 g/mol. The second kappa shape index (κ2) is 18.0. The monoisotopic (exact) mass is 1040 g/mol. The molecule has 0 aliphatic heterocycles. The average Bonchev–Trinajstić information content (AvgIpc) is 1.62. The number of hydrogen-bond donors (Lipinski definition) is 0. The summed E-state index contributed by atoms with van der Waals surface area (Å²) in [6.07, 6.45) is 0. The van der Waals surface area contributed by atoms with Gasteiger partial charge in [0, 0.05) is 38.9 Å². The summed E-state index contributed by atoms with van der Waals surface area (Å²) >= 11 is 0. The van der Waals surface area contributed by atoms with Crippen molar-refractivity contribution in [2.75, 3.05) is 4.90 Å². The van der Waals surface area contributed by atoms with Crippen LogP contribution in [0.3, 0.4) is 0 Å². The van der Waals surface area contributed by atoms with Crippen LogP contribution in [0.4, 0.5) is 17.1 Å².